The summed E-state index contributed by atoms with van der Waals surface area (Å²) in [5.41, 5.74) is 1.49. The molecule has 0 saturated heterocycles. The number of rotatable bonds is 3. The molecule has 0 saturated carbocycles. The van der Waals surface area contributed by atoms with Gasteiger partial charge in [0, 0.05) is 32.7 Å². The quantitative estimate of drug-likeness (QED) is 0.357. The minimum atomic E-state index is -0.301. The number of aliphatic hydroxyl groups excluding tert-OH is 1. The van der Waals surface area contributed by atoms with E-state index in [0.717, 1.165) is 16.2 Å². The number of Topliss-reactive ketones (excluding diaryl/α,β-unsaturated/α-hetero) is 1. The summed E-state index contributed by atoms with van der Waals surface area (Å²) in [4.78, 5) is 39.3. The summed E-state index contributed by atoms with van der Waals surface area (Å²) in [5, 5.41) is 15.2. The van der Waals surface area contributed by atoms with Crippen LogP contribution < -0.4 is 16.1 Å². The number of ketones is 1. The number of allylic oxidation sites excluding steroid dienone is 5. The summed E-state index contributed by atoms with van der Waals surface area (Å²) >= 11 is 0. The van der Waals surface area contributed by atoms with Gasteiger partial charge in [-0.2, -0.15) is 0 Å². The summed E-state index contributed by atoms with van der Waals surface area (Å²) in [7, 11) is 0. The van der Waals surface area contributed by atoms with Crippen LogP contribution in [0.15, 0.2) is 112 Å². The fourth-order valence-corrected chi connectivity index (χ4v) is 5.03. The van der Waals surface area contributed by atoms with Crippen LogP contribution in [0.5, 0.6) is 0 Å². The third kappa shape index (κ3) is 3.19. The smallest absolute Gasteiger partial charge is 0.197 e. The van der Waals surface area contributed by atoms with Gasteiger partial charge >= 0.3 is 0 Å². The molecule has 1 N–H and O–H groups in total. The highest BCUT2D eigenvalue weighted by atomic mass is 16.3. The Kier molecular flexibility index (Phi) is 4.90. The van der Waals surface area contributed by atoms with Crippen molar-refractivity contribution in [1.29, 1.82) is 0 Å². The number of carbonyl (C=O) groups is 1. The van der Waals surface area contributed by atoms with E-state index in [1.807, 2.05) is 48.5 Å². The number of aliphatic hydroxyl groups is 1. The van der Waals surface area contributed by atoms with E-state index >= 15 is 0 Å². The highest BCUT2D eigenvalue weighted by Gasteiger charge is 2.25. The van der Waals surface area contributed by atoms with Crippen LogP contribution in [0.4, 0.5) is 0 Å². The van der Waals surface area contributed by atoms with Crippen molar-refractivity contribution >= 4 is 49.9 Å². The Bertz CT molecular complexity index is 1940. The monoisotopic (exact) mass is 468 g/mol. The van der Waals surface area contributed by atoms with Crippen LogP contribution in [0.2, 0.25) is 0 Å². The molecule has 172 valence electrons. The van der Waals surface area contributed by atoms with Gasteiger partial charge in [0.05, 0.1) is 10.8 Å². The zero-order chi connectivity index (χ0) is 25.0. The Labute approximate surface area is 205 Å². The fraction of sp³-hybridized carbons (Fsp3) is 0.0312. The molecule has 0 unspecified atom stereocenters. The summed E-state index contributed by atoms with van der Waals surface area (Å²) in [5.74, 6) is -0.310. The van der Waals surface area contributed by atoms with Crippen LogP contribution in [0, 0.1) is 0 Å². The molecule has 0 bridgehead atoms. The summed E-state index contributed by atoms with van der Waals surface area (Å²) in [6.45, 7) is 1.81. The lowest BCUT2D eigenvalue weighted by atomic mass is 9.86. The molecule has 0 fully saturated rings. The van der Waals surface area contributed by atoms with Crippen LogP contribution >= 0.6 is 0 Å². The lowest BCUT2D eigenvalue weighted by Crippen LogP contribution is -2.38. The van der Waals surface area contributed by atoms with Crippen molar-refractivity contribution < 1.29 is 9.90 Å². The maximum Gasteiger partial charge on any atom is 0.197 e. The van der Waals surface area contributed by atoms with Gasteiger partial charge in [0.2, 0.25) is 0 Å². The molecule has 0 aromatic heterocycles. The van der Waals surface area contributed by atoms with Crippen LogP contribution in [0.25, 0.3) is 44.2 Å². The largest absolute Gasteiger partial charge is 0.507 e. The second-order valence-corrected chi connectivity index (χ2v) is 8.99. The maximum absolute atomic E-state index is 13.1. The number of hydrogen-bond donors (Lipinski definition) is 1. The van der Waals surface area contributed by atoms with Crippen molar-refractivity contribution in [2.24, 2.45) is 0 Å². The Morgan fingerprint density at radius 3 is 1.92 bits per heavy atom. The predicted octanol–water partition coefficient (Wildman–Crippen LogP) is 5.47. The van der Waals surface area contributed by atoms with E-state index in [-0.39, 0.29) is 33.2 Å². The molecule has 1 aliphatic carbocycles. The molecule has 5 aromatic rings. The molecule has 4 heteroatoms. The van der Waals surface area contributed by atoms with Crippen LogP contribution in [0.3, 0.4) is 0 Å². The molecule has 4 nitrogen and oxygen atoms in total. The van der Waals surface area contributed by atoms with Gasteiger partial charge < -0.3 is 5.11 Å². The molecule has 0 spiro atoms. The molecule has 5 aromatic carbocycles. The normalized spacial score (nSPS) is 14.0. The third-order valence-corrected chi connectivity index (χ3v) is 6.81. The molecule has 0 heterocycles. The lowest BCUT2D eigenvalue weighted by Gasteiger charge is -2.18. The zero-order valence-corrected chi connectivity index (χ0v) is 19.4. The highest BCUT2D eigenvalue weighted by Crippen LogP contribution is 2.35. The summed E-state index contributed by atoms with van der Waals surface area (Å²) in [6, 6.07) is 22.0. The van der Waals surface area contributed by atoms with Gasteiger partial charge in [-0.05, 0) is 29.8 Å². The molecular formula is C32H20O4. The van der Waals surface area contributed by atoms with E-state index in [4.69, 9.17) is 0 Å². The number of hydrogen-bond acceptors (Lipinski definition) is 4. The molecule has 6 rings (SSSR count). The van der Waals surface area contributed by atoms with E-state index in [0.29, 0.717) is 32.9 Å². The fourth-order valence-electron chi connectivity index (χ4n) is 5.03. The maximum atomic E-state index is 13.1. The van der Waals surface area contributed by atoms with Crippen LogP contribution in [-0.4, -0.2) is 10.9 Å². The first kappa shape index (κ1) is 21.7. The Balaban J connectivity index is 1.44. The van der Waals surface area contributed by atoms with Crippen molar-refractivity contribution in [2.45, 2.75) is 6.92 Å². The van der Waals surface area contributed by atoms with E-state index in [1.54, 1.807) is 49.4 Å². The van der Waals surface area contributed by atoms with Gasteiger partial charge in [-0.1, -0.05) is 90.5 Å². The topological polar surface area (TPSA) is 71.4 Å². The molecule has 0 atom stereocenters. The standard InChI is InChI=1S/C32H20O4/c1-18(14-16-25-29(33)21-10-2-6-19-7-3-11-22(27(19)21)30(25)34)15-17-26-31(35)23-12-4-8-20-9-5-13-24(28(20)23)32(26)36/h2-17,33H,1H3. The van der Waals surface area contributed by atoms with Crippen molar-refractivity contribution in [3.05, 3.63) is 139 Å². The van der Waals surface area contributed by atoms with E-state index in [1.165, 1.54) is 6.08 Å². The minimum absolute atomic E-state index is 0.0611. The molecule has 0 aliphatic heterocycles. The molecule has 1 aliphatic rings. The molecule has 0 radical (unpaired) electrons. The first-order chi connectivity index (χ1) is 17.5. The molecule has 0 amide bonds. The van der Waals surface area contributed by atoms with Crippen LogP contribution in [0.1, 0.15) is 22.8 Å². The Hall–Kier alpha value is -4.83. The first-order valence-corrected chi connectivity index (χ1v) is 11.6. The number of carbonyl (C=O) groups excluding carboxylic acids is 1. The van der Waals surface area contributed by atoms with Crippen molar-refractivity contribution in [2.75, 3.05) is 0 Å². The Morgan fingerprint density at radius 2 is 1.28 bits per heavy atom. The van der Waals surface area contributed by atoms with Gasteiger partial charge in [-0.3, -0.25) is 14.4 Å². The van der Waals surface area contributed by atoms with E-state index < -0.39 is 0 Å². The van der Waals surface area contributed by atoms with Gasteiger partial charge in [-0.25, -0.2) is 0 Å². The summed E-state index contributed by atoms with van der Waals surface area (Å²) < 4.78 is 0. The predicted molar refractivity (Wildman–Crippen MR) is 146 cm³/mol. The Morgan fingerprint density at radius 1 is 0.722 bits per heavy atom. The first-order valence-electron chi connectivity index (χ1n) is 11.6. The zero-order valence-electron chi connectivity index (χ0n) is 19.4. The van der Waals surface area contributed by atoms with Crippen molar-refractivity contribution in [1.82, 2.24) is 0 Å². The molecular weight excluding hydrogens is 448 g/mol. The van der Waals surface area contributed by atoms with Gasteiger partial charge in [0.1, 0.15) is 5.76 Å². The lowest BCUT2D eigenvalue weighted by molar-refractivity contribution is 0.103. The number of benzene rings is 5. The van der Waals surface area contributed by atoms with E-state index in [9.17, 15) is 19.5 Å². The highest BCUT2D eigenvalue weighted by molar-refractivity contribution is 6.25. The third-order valence-electron chi connectivity index (χ3n) is 6.81. The second kappa shape index (κ2) is 8.14. The van der Waals surface area contributed by atoms with Crippen molar-refractivity contribution in [3.63, 3.8) is 0 Å². The SMILES string of the molecule is CC(C=CC1=C(O)c2cccc3cccc(c23)C1=O)=CC=c1c(=O)c2cccc3cccc(c1=O)c32. The van der Waals surface area contributed by atoms with E-state index in [2.05, 4.69) is 0 Å². The van der Waals surface area contributed by atoms with Crippen LogP contribution in [-0.2, 0) is 0 Å². The minimum Gasteiger partial charge on any atom is -0.507 e. The average molecular weight is 469 g/mol. The second-order valence-electron chi connectivity index (χ2n) is 8.99. The average Bonchev–Trinajstić information content (AvgIpc) is 2.90. The van der Waals surface area contributed by atoms with Gasteiger partial charge in [0.15, 0.2) is 16.6 Å². The molecule has 36 heavy (non-hydrogen) atoms. The summed E-state index contributed by atoms with van der Waals surface area (Å²) in [6.07, 6.45) is 6.49. The van der Waals surface area contributed by atoms with Crippen molar-refractivity contribution in [3.8, 4) is 0 Å². The van der Waals surface area contributed by atoms with Gasteiger partial charge in [-0.15, -0.1) is 0 Å². The van der Waals surface area contributed by atoms with Gasteiger partial charge in [0.25, 0.3) is 0 Å².